The summed E-state index contributed by atoms with van der Waals surface area (Å²) in [5, 5.41) is 2.87. The maximum Gasteiger partial charge on any atom is 0.762 e. The van der Waals surface area contributed by atoms with Gasteiger partial charge in [0.15, 0.2) is 5.25 Å². The molecule has 0 spiro atoms. The molecule has 0 radical (unpaired) electrons. The molecule has 2 aliphatic rings. The third kappa shape index (κ3) is 46.0. The zero-order valence-electron chi connectivity index (χ0n) is 64.4. The van der Waals surface area contributed by atoms with E-state index in [1.165, 1.54) is 212 Å². The summed E-state index contributed by atoms with van der Waals surface area (Å²) in [6.45, 7) is 22.3. The molecule has 2 heterocycles. The van der Waals surface area contributed by atoms with E-state index in [0.717, 1.165) is 23.3 Å². The number of unbranched alkanes of at least 4 members (excludes halogenated alkanes) is 10. The Morgan fingerprint density at radius 1 is 0.352 bits per heavy atom. The second kappa shape index (κ2) is 63.8. The van der Waals surface area contributed by atoms with E-state index in [4.69, 9.17) is 34.8 Å². The Bertz CT molecular complexity index is 2930. The van der Waals surface area contributed by atoms with Gasteiger partial charge in [-0.2, -0.15) is 0 Å². The number of benzene rings is 6. The van der Waals surface area contributed by atoms with Crippen LogP contribution in [0.25, 0.3) is 0 Å². The van der Waals surface area contributed by atoms with E-state index in [1.807, 2.05) is 0 Å². The molecule has 594 valence electrons. The smallest absolute Gasteiger partial charge is 0.762 e. The maximum absolute atomic E-state index is 9.67. The molecule has 0 amide bonds. The van der Waals surface area contributed by atoms with Crippen molar-refractivity contribution in [2.75, 3.05) is 47.0 Å². The van der Waals surface area contributed by atoms with Crippen LogP contribution in [0.5, 0.6) is 0 Å². The zero-order chi connectivity index (χ0) is 75.1. The van der Waals surface area contributed by atoms with E-state index >= 15 is 0 Å². The first-order chi connectivity index (χ1) is 48.3. The lowest BCUT2D eigenvalue weighted by atomic mass is 10.00. The highest BCUT2D eigenvalue weighted by atomic mass is 35.5. The first-order valence-electron chi connectivity index (χ1n) is 37.0. The fraction of sp³-hybridized carbons (Fsp3) is 0.561. The van der Waals surface area contributed by atoms with Crippen molar-refractivity contribution in [3.05, 3.63) is 212 Å². The van der Waals surface area contributed by atoms with Crippen molar-refractivity contribution < 1.29 is 65.4 Å². The molecule has 0 N–H and O–H groups in total. The summed E-state index contributed by atoms with van der Waals surface area (Å²) in [5.41, 5.74) is 16.3. The van der Waals surface area contributed by atoms with Crippen molar-refractivity contribution in [3.63, 3.8) is 0 Å². The van der Waals surface area contributed by atoms with Gasteiger partial charge >= 0.3 is 22.6 Å². The van der Waals surface area contributed by atoms with Gasteiger partial charge < -0.3 is 26.5 Å². The van der Waals surface area contributed by atoms with E-state index in [0.29, 0.717) is 54.1 Å². The zero-order valence-corrected chi connectivity index (χ0v) is 70.7. The van der Waals surface area contributed by atoms with Gasteiger partial charge in [-0.05, 0) is 177 Å². The van der Waals surface area contributed by atoms with Crippen LogP contribution < -0.4 is 26.5 Å². The van der Waals surface area contributed by atoms with Crippen molar-refractivity contribution in [1.82, 2.24) is 0 Å². The second-order valence-corrected chi connectivity index (χ2v) is 37.6. The van der Waals surface area contributed by atoms with E-state index in [2.05, 4.69) is 227 Å². The quantitative estimate of drug-likeness (QED) is 0.0130. The summed E-state index contributed by atoms with van der Waals surface area (Å²) in [6.07, 6.45) is 33.1. The van der Waals surface area contributed by atoms with Crippen molar-refractivity contribution in [3.8, 4) is 0 Å². The van der Waals surface area contributed by atoms with Crippen molar-refractivity contribution >= 4 is 101 Å². The molecule has 6 aromatic rings. The number of hydrogen-bond acceptors (Lipinski definition) is 0. The maximum atomic E-state index is 9.67. The summed E-state index contributed by atoms with van der Waals surface area (Å²) in [7, 11) is -8.96. The Labute approximate surface area is 662 Å². The van der Waals surface area contributed by atoms with Crippen molar-refractivity contribution in [2.45, 2.75) is 241 Å². The minimum absolute atomic E-state index is 0. The molecule has 105 heavy (non-hydrogen) atoms. The van der Waals surface area contributed by atoms with E-state index in [9.17, 15) is 38.8 Å². The third-order valence-corrected chi connectivity index (χ3v) is 30.9. The fourth-order valence-electron chi connectivity index (χ4n) is 12.7. The highest BCUT2D eigenvalue weighted by Crippen LogP contribution is 2.45. The van der Waals surface area contributed by atoms with Crippen LogP contribution in [-0.4, -0.2) is 69.7 Å². The summed E-state index contributed by atoms with van der Waals surface area (Å²) >= 11 is 20.1. The number of alkyl halides is 3. The van der Waals surface area contributed by atoms with Crippen LogP contribution in [0.2, 0.25) is 0 Å². The topological polar surface area (TPSA) is 0 Å². The molecule has 2 saturated heterocycles. The van der Waals surface area contributed by atoms with Gasteiger partial charge in [0.25, 0.3) is 0 Å². The molecule has 23 heteroatoms. The molecule has 6 aromatic carbocycles. The lowest BCUT2D eigenvalue weighted by Gasteiger charge is -2.22. The lowest BCUT2D eigenvalue weighted by molar-refractivity contribution is -0.00100. The molecule has 9 atom stereocenters. The van der Waals surface area contributed by atoms with Crippen molar-refractivity contribution in [2.24, 2.45) is 0 Å². The molecule has 9 unspecified atom stereocenters. The van der Waals surface area contributed by atoms with Gasteiger partial charge in [-0.1, -0.05) is 261 Å². The van der Waals surface area contributed by atoms with Crippen LogP contribution in [-0.2, 0) is 50.0 Å². The first kappa shape index (κ1) is 106. The first-order valence-corrected chi connectivity index (χ1v) is 45.3. The van der Waals surface area contributed by atoms with Gasteiger partial charge in [-0.15, -0.1) is 34.8 Å². The van der Waals surface area contributed by atoms with E-state index < -0.39 is 22.6 Å². The molecular weight excluding hydrogens is 1520 g/mol. The predicted octanol–water partition coefficient (Wildman–Crippen LogP) is 16.3. The monoisotopic (exact) mass is 1630 g/mol. The fourth-order valence-corrected chi connectivity index (χ4v) is 24.0. The van der Waals surface area contributed by atoms with Crippen molar-refractivity contribution in [1.29, 1.82) is 0 Å². The summed E-state index contributed by atoms with van der Waals surface area (Å²) in [5.74, 6) is 8.39. The Morgan fingerprint density at radius 2 is 0.638 bits per heavy atom. The molecule has 8 rings (SSSR count). The highest BCUT2D eigenvalue weighted by Gasteiger charge is 2.41. The number of rotatable bonds is 32. The average Bonchev–Trinajstić information content (AvgIpc) is 1.66. The van der Waals surface area contributed by atoms with Crippen LogP contribution in [0.4, 0.5) is 38.8 Å². The SMILES string of the molecule is CCC(Cl)c1ccc(C(Cl)C(c2ccc(C)cc2)[S+]2CCCC2)cc1.CCC(c1ccc(C)cc1)[S+]1CCCC1.CCCCCCCC[S+](C)C(CC)c1ccc(C)cc1.CCCCCCCC[S+](C)C(CC)c1ccc(CC(Cl)c2ccc(C)cc2)cc1.FB(F)F.FB(F)F.FB(F)F.[Cl-].[F-].[F-].[F-]. The number of aryl methyl sites for hydroxylation is 4. The van der Waals surface area contributed by atoms with Gasteiger partial charge in [-0.3, -0.25) is 38.8 Å². The predicted molar refractivity (Wildman–Crippen MR) is 442 cm³/mol. The number of halogens is 16. The summed E-state index contributed by atoms with van der Waals surface area (Å²) in [4.78, 5) is 0. The normalized spacial score (nSPS) is 14.7. The largest absolute Gasteiger partial charge is 1.00 e. The standard InChI is InChI=1S/C27H40ClS.C22H27Cl2S.C19H33S.C14H21S.3BF3.ClH.3FH/c1-5-7-8-9-10-11-20-29(4)27(6-2)25-18-14-23(15-19-25)21-26(28)24-16-12-22(3)13-17-24;1-3-20(23)17-10-12-18(13-11-17)21(24)22(25-14-4-5-15-25)19-8-6-16(2)7-9-19;1-5-7-8-9-10-11-16-20(4)19(6-2)18-14-12-17(3)13-15-18;1-3-14(15-10-4-5-11-15)13-8-6-12(2)7-9-13;3*2-1(3)4;;;;/h12-19,26-27H,5-11,20-21H2,1-4H3;6-13,20-22H,3-5,14-15H2,1-2H3;12-15,19H,5-11,16H2,1-4H3;6-9,14H,3-5,10-11H2,1-2H3;;;;4*1H/q4*+1;;;;;;;/p-4. The van der Waals surface area contributed by atoms with Crippen LogP contribution >= 0.6 is 34.8 Å². The Kier molecular flexibility index (Phi) is 64.7. The molecule has 0 aliphatic carbocycles. The van der Waals surface area contributed by atoms with Crippen LogP contribution in [0.1, 0.15) is 274 Å². The molecule has 2 aliphatic heterocycles. The van der Waals surface area contributed by atoms with Crippen LogP contribution in [0.15, 0.2) is 146 Å². The van der Waals surface area contributed by atoms with Gasteiger partial charge in [0.05, 0.1) is 23.3 Å². The molecule has 2 fully saturated rings. The Balaban J connectivity index is -0.00000126. The molecular formula is C82H121B3Cl4F12S4. The van der Waals surface area contributed by atoms with Crippen LogP contribution in [0.3, 0.4) is 0 Å². The van der Waals surface area contributed by atoms with Crippen LogP contribution in [0, 0.1) is 27.7 Å². The Morgan fingerprint density at radius 3 is 0.981 bits per heavy atom. The van der Waals surface area contributed by atoms with E-state index in [-0.39, 0.29) is 42.7 Å². The lowest BCUT2D eigenvalue weighted by Crippen LogP contribution is -3.00. The second-order valence-electron chi connectivity index (χ2n) is 26.5. The molecule has 0 saturated carbocycles. The summed E-state index contributed by atoms with van der Waals surface area (Å²) in [6, 6.07) is 54.0. The summed E-state index contributed by atoms with van der Waals surface area (Å²) < 4.78 is 87.0. The van der Waals surface area contributed by atoms with Gasteiger partial charge in [0.2, 0.25) is 0 Å². The highest BCUT2D eigenvalue weighted by molar-refractivity contribution is 7.97. The van der Waals surface area contributed by atoms with Gasteiger partial charge in [-0.25, -0.2) is 0 Å². The average molecular weight is 1640 g/mol. The molecule has 0 nitrogen and oxygen atoms in total. The van der Waals surface area contributed by atoms with E-state index in [1.54, 1.807) is 11.1 Å². The third-order valence-electron chi connectivity index (χ3n) is 18.4. The number of hydrogen-bond donors (Lipinski definition) is 0. The Hall–Kier alpha value is -2.77. The molecule has 0 bridgehead atoms. The minimum Gasteiger partial charge on any atom is -1.00 e. The minimum atomic E-state index is -3.67. The van der Waals surface area contributed by atoms with Gasteiger partial charge in [0, 0.05) is 22.3 Å². The van der Waals surface area contributed by atoms with Gasteiger partial charge in [0.1, 0.15) is 55.6 Å². The molecule has 0 aromatic heterocycles.